The van der Waals surface area contributed by atoms with Crippen molar-refractivity contribution in [3.63, 3.8) is 0 Å². The van der Waals surface area contributed by atoms with Gasteiger partial charge < -0.3 is 15.2 Å². The fourth-order valence-electron chi connectivity index (χ4n) is 3.21. The SMILES string of the molecule is CCn1c(SCC(=O)Nc2ccccc2Cl)nnc1[C@@H](NC(=O)c1ccccc1Cl)C(C)C. The number of amides is 2. The highest BCUT2D eigenvalue weighted by molar-refractivity contribution is 7.99. The number of halogens is 2. The van der Waals surface area contributed by atoms with Gasteiger partial charge in [0.2, 0.25) is 5.91 Å². The van der Waals surface area contributed by atoms with Crippen LogP contribution in [0.15, 0.2) is 53.7 Å². The van der Waals surface area contributed by atoms with Gasteiger partial charge in [0, 0.05) is 6.54 Å². The smallest absolute Gasteiger partial charge is 0.253 e. The highest BCUT2D eigenvalue weighted by atomic mass is 35.5. The minimum Gasteiger partial charge on any atom is -0.342 e. The van der Waals surface area contributed by atoms with E-state index in [0.29, 0.717) is 38.8 Å². The number of thioether (sulfide) groups is 1. The number of para-hydroxylation sites is 1. The Morgan fingerprint density at radius 3 is 2.33 bits per heavy atom. The number of aromatic nitrogens is 3. The standard InChI is InChI=1S/C23H25Cl2N5O2S/c1-4-30-21(20(14(2)3)27-22(32)15-9-5-6-10-16(15)24)28-29-23(30)33-13-19(31)26-18-12-8-7-11-17(18)25/h5-12,14,20H,4,13H2,1-3H3,(H,26,31)(H,27,32)/t20-/m0/s1. The number of anilines is 1. The Morgan fingerprint density at radius 1 is 1.03 bits per heavy atom. The van der Waals surface area contributed by atoms with Crippen LogP contribution in [0.25, 0.3) is 0 Å². The van der Waals surface area contributed by atoms with Crippen LogP contribution >= 0.6 is 35.0 Å². The third kappa shape index (κ3) is 6.28. The van der Waals surface area contributed by atoms with Gasteiger partial charge in [-0.2, -0.15) is 0 Å². The van der Waals surface area contributed by atoms with Gasteiger partial charge in [-0.05, 0) is 37.1 Å². The predicted molar refractivity (Wildman–Crippen MR) is 133 cm³/mol. The third-order valence-corrected chi connectivity index (χ3v) is 6.52. The number of benzene rings is 2. The highest BCUT2D eigenvalue weighted by Crippen LogP contribution is 2.27. The first-order chi connectivity index (χ1) is 15.8. The number of nitrogens with zero attached hydrogens (tertiary/aromatic N) is 3. The maximum absolute atomic E-state index is 12.9. The van der Waals surface area contributed by atoms with E-state index in [4.69, 9.17) is 23.2 Å². The van der Waals surface area contributed by atoms with Crippen molar-refractivity contribution >= 4 is 52.5 Å². The molecule has 2 N–H and O–H groups in total. The lowest BCUT2D eigenvalue weighted by atomic mass is 10.0. The summed E-state index contributed by atoms with van der Waals surface area (Å²) in [7, 11) is 0. The second-order valence-corrected chi connectivity index (χ2v) is 9.33. The first-order valence-corrected chi connectivity index (χ1v) is 12.2. The van der Waals surface area contributed by atoms with Gasteiger partial charge in [0.05, 0.1) is 33.1 Å². The molecule has 2 aromatic carbocycles. The van der Waals surface area contributed by atoms with Gasteiger partial charge in [0.25, 0.3) is 5.91 Å². The van der Waals surface area contributed by atoms with Crippen LogP contribution in [0.3, 0.4) is 0 Å². The van der Waals surface area contributed by atoms with Crippen LogP contribution in [0.1, 0.15) is 43.0 Å². The summed E-state index contributed by atoms with van der Waals surface area (Å²) in [6.45, 7) is 6.54. The predicted octanol–water partition coefficient (Wildman–Crippen LogP) is 5.46. The molecule has 2 amide bonds. The maximum Gasteiger partial charge on any atom is 0.253 e. The van der Waals surface area contributed by atoms with E-state index in [1.54, 1.807) is 48.5 Å². The minimum absolute atomic E-state index is 0.0484. The largest absolute Gasteiger partial charge is 0.342 e. The molecule has 0 aliphatic heterocycles. The molecule has 7 nitrogen and oxygen atoms in total. The summed E-state index contributed by atoms with van der Waals surface area (Å²) in [5.74, 6) is 0.335. The van der Waals surface area contributed by atoms with Crippen molar-refractivity contribution in [3.8, 4) is 0 Å². The summed E-state index contributed by atoms with van der Waals surface area (Å²) in [4.78, 5) is 25.3. The second-order valence-electron chi connectivity index (χ2n) is 7.58. The molecule has 10 heteroatoms. The summed E-state index contributed by atoms with van der Waals surface area (Å²) in [5.41, 5.74) is 0.961. The number of hydrogen-bond donors (Lipinski definition) is 2. The van der Waals surface area contributed by atoms with Crippen molar-refractivity contribution in [2.45, 2.75) is 38.5 Å². The molecule has 3 aromatic rings. The normalized spacial score (nSPS) is 11.9. The average molecular weight is 506 g/mol. The zero-order valence-corrected chi connectivity index (χ0v) is 20.8. The third-order valence-electron chi connectivity index (χ3n) is 4.89. The summed E-state index contributed by atoms with van der Waals surface area (Å²) in [5, 5.41) is 15.9. The van der Waals surface area contributed by atoms with Crippen molar-refractivity contribution in [2.75, 3.05) is 11.1 Å². The topological polar surface area (TPSA) is 88.9 Å². The van der Waals surface area contributed by atoms with Gasteiger partial charge in [-0.1, -0.05) is 73.1 Å². The van der Waals surface area contributed by atoms with Gasteiger partial charge in [0.15, 0.2) is 11.0 Å². The lowest BCUT2D eigenvalue weighted by molar-refractivity contribution is -0.113. The molecule has 1 aromatic heterocycles. The van der Waals surface area contributed by atoms with Crippen molar-refractivity contribution < 1.29 is 9.59 Å². The van der Waals surface area contributed by atoms with E-state index < -0.39 is 0 Å². The first-order valence-electron chi connectivity index (χ1n) is 10.5. The molecule has 3 rings (SSSR count). The number of carbonyl (C=O) groups is 2. The fourth-order valence-corrected chi connectivity index (χ4v) is 4.42. The summed E-state index contributed by atoms with van der Waals surface area (Å²) >= 11 is 13.6. The molecule has 0 unspecified atom stereocenters. The van der Waals surface area contributed by atoms with Gasteiger partial charge in [-0.25, -0.2) is 0 Å². The zero-order chi connectivity index (χ0) is 24.0. The van der Waals surface area contributed by atoms with Crippen LogP contribution in [0.5, 0.6) is 0 Å². The van der Waals surface area contributed by atoms with Crippen LogP contribution in [0.2, 0.25) is 10.0 Å². The first kappa shape index (κ1) is 25.1. The quantitative estimate of drug-likeness (QED) is 0.376. The number of rotatable bonds is 9. The molecule has 1 atom stereocenters. The Morgan fingerprint density at radius 2 is 1.70 bits per heavy atom. The highest BCUT2D eigenvalue weighted by Gasteiger charge is 2.26. The monoisotopic (exact) mass is 505 g/mol. The molecular formula is C23H25Cl2N5O2S. The maximum atomic E-state index is 12.9. The van der Waals surface area contributed by atoms with E-state index >= 15 is 0 Å². The molecule has 0 spiro atoms. The molecule has 0 aliphatic rings. The molecule has 0 bridgehead atoms. The van der Waals surface area contributed by atoms with E-state index in [-0.39, 0.29) is 29.5 Å². The number of nitrogens with one attached hydrogen (secondary N) is 2. The van der Waals surface area contributed by atoms with E-state index in [9.17, 15) is 9.59 Å². The van der Waals surface area contributed by atoms with Gasteiger partial charge in [-0.3, -0.25) is 9.59 Å². The molecule has 0 saturated heterocycles. The van der Waals surface area contributed by atoms with Crippen molar-refractivity contribution in [3.05, 3.63) is 70.0 Å². The minimum atomic E-state index is -0.382. The van der Waals surface area contributed by atoms with Crippen LogP contribution < -0.4 is 10.6 Å². The summed E-state index contributed by atoms with van der Waals surface area (Å²) in [6, 6.07) is 13.6. The van der Waals surface area contributed by atoms with Crippen LogP contribution in [-0.2, 0) is 11.3 Å². The number of carbonyl (C=O) groups excluding carboxylic acids is 2. The van der Waals surface area contributed by atoms with E-state index in [1.165, 1.54) is 11.8 Å². The van der Waals surface area contributed by atoms with Crippen LogP contribution in [-0.4, -0.2) is 32.3 Å². The Balaban J connectivity index is 1.73. The Kier molecular flexibility index (Phi) is 8.77. The summed E-state index contributed by atoms with van der Waals surface area (Å²) in [6.07, 6.45) is 0. The van der Waals surface area contributed by atoms with E-state index in [2.05, 4.69) is 20.8 Å². The van der Waals surface area contributed by atoms with Crippen LogP contribution in [0.4, 0.5) is 5.69 Å². The van der Waals surface area contributed by atoms with E-state index in [0.717, 1.165) is 0 Å². The number of hydrogen-bond acceptors (Lipinski definition) is 5. The lowest BCUT2D eigenvalue weighted by Crippen LogP contribution is -2.34. The molecule has 0 fully saturated rings. The zero-order valence-electron chi connectivity index (χ0n) is 18.5. The van der Waals surface area contributed by atoms with Crippen LogP contribution in [0, 0.1) is 5.92 Å². The molecule has 0 aliphatic carbocycles. The molecular weight excluding hydrogens is 481 g/mol. The van der Waals surface area contributed by atoms with Gasteiger partial charge in [-0.15, -0.1) is 10.2 Å². The fraction of sp³-hybridized carbons (Fsp3) is 0.304. The van der Waals surface area contributed by atoms with Crippen molar-refractivity contribution in [1.29, 1.82) is 0 Å². The Hall–Kier alpha value is -2.55. The molecule has 0 saturated carbocycles. The van der Waals surface area contributed by atoms with Gasteiger partial charge >= 0.3 is 0 Å². The molecule has 174 valence electrons. The van der Waals surface area contributed by atoms with Gasteiger partial charge in [0.1, 0.15) is 0 Å². The van der Waals surface area contributed by atoms with E-state index in [1.807, 2.05) is 25.3 Å². The molecule has 1 heterocycles. The second kappa shape index (κ2) is 11.5. The lowest BCUT2D eigenvalue weighted by Gasteiger charge is -2.22. The molecule has 0 radical (unpaired) electrons. The average Bonchev–Trinajstić information content (AvgIpc) is 3.20. The Bertz CT molecular complexity index is 1140. The molecule has 33 heavy (non-hydrogen) atoms. The summed E-state index contributed by atoms with van der Waals surface area (Å²) < 4.78 is 1.91. The van der Waals surface area contributed by atoms with Crippen molar-refractivity contribution in [1.82, 2.24) is 20.1 Å². The van der Waals surface area contributed by atoms with Crippen molar-refractivity contribution in [2.24, 2.45) is 5.92 Å². The Labute approximate surface area is 207 Å².